The maximum Gasteiger partial charge on any atom is 0.335 e. The number of aromatic carboxylic acids is 1. The van der Waals surface area contributed by atoms with E-state index in [4.69, 9.17) is 5.11 Å². The summed E-state index contributed by atoms with van der Waals surface area (Å²) in [5.41, 5.74) is 1.93. The number of hydrogen-bond donors (Lipinski definition) is 1. The lowest BCUT2D eigenvalue weighted by atomic mass is 10.1. The molecule has 86 valence electrons. The molecular weight excluding hydrogens is 302 g/mol. The van der Waals surface area contributed by atoms with Gasteiger partial charge in [-0.25, -0.2) is 9.78 Å². The Morgan fingerprint density at radius 2 is 1.88 bits per heavy atom. The number of hydrogen-bond acceptors (Lipinski definition) is 3. The Morgan fingerprint density at radius 1 is 1.29 bits per heavy atom. The van der Waals surface area contributed by atoms with Gasteiger partial charge in [-0.1, -0.05) is 18.7 Å². The van der Waals surface area contributed by atoms with Crippen molar-refractivity contribution in [3.63, 3.8) is 0 Å². The second kappa shape index (κ2) is 4.81. The first kappa shape index (κ1) is 12.0. The predicted molar refractivity (Wildman–Crippen MR) is 71.4 cm³/mol. The number of thiazole rings is 1. The molecule has 5 heteroatoms. The zero-order valence-electron chi connectivity index (χ0n) is 8.68. The number of aromatic nitrogens is 1. The van der Waals surface area contributed by atoms with Gasteiger partial charge in [-0.2, -0.15) is 0 Å². The summed E-state index contributed by atoms with van der Waals surface area (Å²) in [5.74, 6) is -0.931. The molecule has 2 rings (SSSR count). The van der Waals surface area contributed by atoms with Gasteiger partial charge in [0.2, 0.25) is 0 Å². The topological polar surface area (TPSA) is 50.2 Å². The van der Waals surface area contributed by atoms with Gasteiger partial charge in [-0.3, -0.25) is 0 Å². The number of halogens is 1. The van der Waals surface area contributed by atoms with Crippen LogP contribution in [0.1, 0.15) is 20.9 Å². The monoisotopic (exact) mass is 309 g/mol. The molecule has 3 nitrogen and oxygen atoms in total. The van der Waals surface area contributed by atoms with Gasteiger partial charge in [0.1, 0.15) is 5.01 Å². The van der Waals surface area contributed by atoms with Crippen LogP contribution in [0.25, 0.3) is 5.57 Å². The molecule has 1 aromatic heterocycles. The minimum Gasteiger partial charge on any atom is -0.478 e. The van der Waals surface area contributed by atoms with Crippen LogP contribution >= 0.6 is 27.3 Å². The number of nitrogens with zero attached hydrogens (tertiary/aromatic N) is 1. The van der Waals surface area contributed by atoms with E-state index in [0.717, 1.165) is 19.9 Å². The van der Waals surface area contributed by atoms with E-state index >= 15 is 0 Å². The SMILES string of the molecule is C=C(c1ccc(C(=O)O)cc1)c1ncc(Br)s1. The van der Waals surface area contributed by atoms with E-state index < -0.39 is 5.97 Å². The number of benzene rings is 1. The van der Waals surface area contributed by atoms with Crippen LogP contribution in [-0.4, -0.2) is 16.1 Å². The van der Waals surface area contributed by atoms with Gasteiger partial charge < -0.3 is 5.11 Å². The van der Waals surface area contributed by atoms with E-state index in [9.17, 15) is 4.79 Å². The maximum absolute atomic E-state index is 10.7. The summed E-state index contributed by atoms with van der Waals surface area (Å²) < 4.78 is 0.941. The second-order valence-corrected chi connectivity index (χ2v) is 5.74. The summed E-state index contributed by atoms with van der Waals surface area (Å²) in [5, 5.41) is 9.62. The fourth-order valence-electron chi connectivity index (χ4n) is 1.33. The molecule has 0 aliphatic rings. The zero-order valence-corrected chi connectivity index (χ0v) is 11.1. The van der Waals surface area contributed by atoms with E-state index in [0.29, 0.717) is 0 Å². The fraction of sp³-hybridized carbons (Fsp3) is 0. The molecule has 1 N–H and O–H groups in total. The molecule has 0 aliphatic carbocycles. The molecule has 0 fully saturated rings. The van der Waals surface area contributed by atoms with Crippen molar-refractivity contribution >= 4 is 38.8 Å². The van der Waals surface area contributed by atoms with E-state index in [-0.39, 0.29) is 5.56 Å². The van der Waals surface area contributed by atoms with Crippen molar-refractivity contribution in [2.45, 2.75) is 0 Å². The minimum atomic E-state index is -0.931. The van der Waals surface area contributed by atoms with Gasteiger partial charge in [0, 0.05) is 5.57 Å². The molecule has 0 atom stereocenters. The van der Waals surface area contributed by atoms with E-state index in [2.05, 4.69) is 27.5 Å². The van der Waals surface area contributed by atoms with Crippen LogP contribution in [0.15, 0.2) is 40.8 Å². The summed E-state index contributed by atoms with van der Waals surface area (Å²) in [7, 11) is 0. The molecule has 0 amide bonds. The normalized spacial score (nSPS) is 10.2. The van der Waals surface area contributed by atoms with Crippen molar-refractivity contribution in [2.75, 3.05) is 0 Å². The van der Waals surface area contributed by atoms with Crippen molar-refractivity contribution in [1.82, 2.24) is 4.98 Å². The van der Waals surface area contributed by atoms with E-state index in [1.165, 1.54) is 11.3 Å². The third-order valence-electron chi connectivity index (χ3n) is 2.22. The molecule has 0 bridgehead atoms. The van der Waals surface area contributed by atoms with Gasteiger partial charge in [0.15, 0.2) is 0 Å². The average molecular weight is 310 g/mol. The Bertz CT molecular complexity index is 574. The van der Waals surface area contributed by atoms with Crippen molar-refractivity contribution in [1.29, 1.82) is 0 Å². The average Bonchev–Trinajstić information content (AvgIpc) is 2.75. The first-order chi connectivity index (χ1) is 8.08. The number of carboxylic acid groups (broad SMARTS) is 1. The molecule has 17 heavy (non-hydrogen) atoms. The number of carboxylic acids is 1. The van der Waals surface area contributed by atoms with Crippen LogP contribution in [0.2, 0.25) is 0 Å². The summed E-state index contributed by atoms with van der Waals surface area (Å²) in [4.78, 5) is 14.9. The molecule has 2 aromatic rings. The number of carbonyl (C=O) groups is 1. The number of rotatable bonds is 3. The lowest BCUT2D eigenvalue weighted by molar-refractivity contribution is 0.0697. The zero-order chi connectivity index (χ0) is 12.4. The molecule has 0 unspecified atom stereocenters. The van der Waals surface area contributed by atoms with Gasteiger partial charge in [-0.05, 0) is 33.6 Å². The van der Waals surface area contributed by atoms with Crippen LogP contribution in [0, 0.1) is 0 Å². The molecule has 1 heterocycles. The Hall–Kier alpha value is -1.46. The van der Waals surface area contributed by atoms with Crippen LogP contribution in [0.3, 0.4) is 0 Å². The van der Waals surface area contributed by atoms with Crippen molar-refractivity contribution in [3.8, 4) is 0 Å². The van der Waals surface area contributed by atoms with Gasteiger partial charge >= 0.3 is 5.97 Å². The molecule has 0 saturated heterocycles. The first-order valence-electron chi connectivity index (χ1n) is 4.72. The highest BCUT2D eigenvalue weighted by Crippen LogP contribution is 2.28. The minimum absolute atomic E-state index is 0.266. The highest BCUT2D eigenvalue weighted by Gasteiger charge is 2.08. The Balaban J connectivity index is 2.29. The third-order valence-corrected chi connectivity index (χ3v) is 3.75. The lowest BCUT2D eigenvalue weighted by Crippen LogP contribution is -1.95. The Morgan fingerprint density at radius 3 is 2.35 bits per heavy atom. The highest BCUT2D eigenvalue weighted by molar-refractivity contribution is 9.11. The Labute approximate surface area is 111 Å². The highest BCUT2D eigenvalue weighted by atomic mass is 79.9. The fourth-order valence-corrected chi connectivity index (χ4v) is 2.53. The van der Waals surface area contributed by atoms with Gasteiger partial charge in [0.25, 0.3) is 0 Å². The predicted octanol–water partition coefficient (Wildman–Crippen LogP) is 3.67. The van der Waals surface area contributed by atoms with Crippen LogP contribution in [-0.2, 0) is 0 Å². The summed E-state index contributed by atoms with van der Waals surface area (Å²) in [6.45, 7) is 3.96. The molecular formula is C12H8BrNO2S. The second-order valence-electron chi connectivity index (χ2n) is 3.33. The van der Waals surface area contributed by atoms with Gasteiger partial charge in [0.05, 0.1) is 15.5 Å². The largest absolute Gasteiger partial charge is 0.478 e. The smallest absolute Gasteiger partial charge is 0.335 e. The summed E-state index contributed by atoms with van der Waals surface area (Å²) in [6.07, 6.45) is 1.72. The van der Waals surface area contributed by atoms with Crippen molar-refractivity contribution in [3.05, 3.63) is 57.0 Å². The molecule has 0 radical (unpaired) electrons. The molecule has 0 saturated carbocycles. The Kier molecular flexibility index (Phi) is 3.40. The molecule has 0 aliphatic heterocycles. The third kappa shape index (κ3) is 2.62. The summed E-state index contributed by atoms with van der Waals surface area (Å²) in [6, 6.07) is 6.60. The van der Waals surface area contributed by atoms with Crippen LogP contribution in [0.4, 0.5) is 0 Å². The maximum atomic E-state index is 10.7. The van der Waals surface area contributed by atoms with Gasteiger partial charge in [-0.15, -0.1) is 11.3 Å². The van der Waals surface area contributed by atoms with Crippen LogP contribution in [0.5, 0.6) is 0 Å². The lowest BCUT2D eigenvalue weighted by Gasteiger charge is -2.02. The first-order valence-corrected chi connectivity index (χ1v) is 6.33. The van der Waals surface area contributed by atoms with Crippen LogP contribution < -0.4 is 0 Å². The van der Waals surface area contributed by atoms with Crippen molar-refractivity contribution < 1.29 is 9.90 Å². The molecule has 0 spiro atoms. The van der Waals surface area contributed by atoms with E-state index in [1.807, 2.05) is 0 Å². The standard InChI is InChI=1S/C12H8BrNO2S/c1-7(11-14-6-10(13)17-11)8-2-4-9(5-3-8)12(15)16/h2-6H,1H2,(H,15,16). The quantitative estimate of drug-likeness (QED) is 0.941. The molecule has 1 aromatic carbocycles. The summed E-state index contributed by atoms with van der Waals surface area (Å²) >= 11 is 4.83. The van der Waals surface area contributed by atoms with E-state index in [1.54, 1.807) is 30.5 Å². The van der Waals surface area contributed by atoms with Crippen molar-refractivity contribution in [2.24, 2.45) is 0 Å².